The van der Waals surface area contributed by atoms with Gasteiger partial charge in [-0.05, 0) is 23.6 Å². The Morgan fingerprint density at radius 1 is 0.929 bits per heavy atom. The summed E-state index contributed by atoms with van der Waals surface area (Å²) in [7, 11) is 1.58. The molecule has 0 aromatic heterocycles. The zero-order valence-electron chi connectivity index (χ0n) is 15.6. The number of hydrogen-bond acceptors (Lipinski definition) is 4. The van der Waals surface area contributed by atoms with Crippen molar-refractivity contribution < 1.29 is 19.0 Å². The number of amides is 1. The molecular formula is C23H21NO4. The topological polar surface area (TPSA) is 56.8 Å². The third-order valence-corrected chi connectivity index (χ3v) is 3.96. The van der Waals surface area contributed by atoms with Crippen molar-refractivity contribution in [2.24, 2.45) is 0 Å². The molecule has 0 fully saturated rings. The van der Waals surface area contributed by atoms with Crippen LogP contribution in [0.1, 0.15) is 0 Å². The molecule has 3 aromatic rings. The van der Waals surface area contributed by atoms with Gasteiger partial charge in [0.05, 0.1) is 13.7 Å². The highest BCUT2D eigenvalue weighted by molar-refractivity contribution is 5.88. The van der Waals surface area contributed by atoms with Crippen LogP contribution in [-0.4, -0.2) is 32.8 Å². The average molecular weight is 375 g/mol. The molecule has 0 saturated heterocycles. The minimum Gasteiger partial charge on any atom is -0.497 e. The van der Waals surface area contributed by atoms with Gasteiger partial charge in [0.2, 0.25) is 0 Å². The Labute approximate surface area is 164 Å². The second kappa shape index (κ2) is 9.89. The molecule has 0 aliphatic heterocycles. The fourth-order valence-electron chi connectivity index (χ4n) is 2.58. The first kappa shape index (κ1) is 19.1. The van der Waals surface area contributed by atoms with Crippen molar-refractivity contribution in [3.63, 3.8) is 0 Å². The third-order valence-electron chi connectivity index (χ3n) is 3.96. The molecule has 0 aliphatic rings. The average Bonchev–Trinajstić information content (AvgIpc) is 2.75. The van der Waals surface area contributed by atoms with E-state index in [-0.39, 0.29) is 25.7 Å². The fraction of sp³-hybridized carbons (Fsp3) is 0.174. The third kappa shape index (κ3) is 5.42. The fourth-order valence-corrected chi connectivity index (χ4v) is 2.58. The smallest absolute Gasteiger partial charge is 0.258 e. The molecule has 1 N–H and O–H groups in total. The molecule has 0 aliphatic carbocycles. The number of hydrogen-bond donors (Lipinski definition) is 1. The molecule has 0 spiro atoms. The van der Waals surface area contributed by atoms with Gasteiger partial charge in [-0.3, -0.25) is 4.79 Å². The van der Waals surface area contributed by atoms with Gasteiger partial charge in [-0.25, -0.2) is 0 Å². The highest BCUT2D eigenvalue weighted by Gasteiger charge is 2.02. The Bertz CT molecular complexity index is 999. The Morgan fingerprint density at radius 3 is 2.61 bits per heavy atom. The molecule has 0 radical (unpaired) electrons. The zero-order chi connectivity index (χ0) is 19.6. The molecule has 28 heavy (non-hydrogen) atoms. The van der Waals surface area contributed by atoms with Crippen LogP contribution in [0.5, 0.6) is 17.2 Å². The predicted molar refractivity (Wildman–Crippen MR) is 109 cm³/mol. The van der Waals surface area contributed by atoms with Gasteiger partial charge in [-0.2, -0.15) is 0 Å². The molecule has 5 heteroatoms. The second-order valence-corrected chi connectivity index (χ2v) is 5.86. The maximum Gasteiger partial charge on any atom is 0.258 e. The van der Waals surface area contributed by atoms with Crippen LogP contribution in [0.2, 0.25) is 0 Å². The SMILES string of the molecule is COc1cccc(OCC(=O)NCC#CCOc2cccc3ccccc23)c1. The van der Waals surface area contributed by atoms with E-state index in [0.29, 0.717) is 11.5 Å². The number of methoxy groups -OCH3 is 1. The van der Waals surface area contributed by atoms with Gasteiger partial charge in [0, 0.05) is 11.5 Å². The molecule has 3 aromatic carbocycles. The summed E-state index contributed by atoms with van der Waals surface area (Å²) in [5.74, 6) is 7.57. The van der Waals surface area contributed by atoms with E-state index in [1.54, 1.807) is 25.3 Å². The number of fused-ring (bicyclic) bond motifs is 1. The maximum absolute atomic E-state index is 11.8. The number of ether oxygens (including phenoxy) is 3. The summed E-state index contributed by atoms with van der Waals surface area (Å²) in [6, 6.07) is 21.0. The molecule has 0 saturated carbocycles. The Balaban J connectivity index is 1.39. The molecule has 5 nitrogen and oxygen atoms in total. The van der Waals surface area contributed by atoms with Crippen LogP contribution in [0, 0.1) is 11.8 Å². The number of carbonyl (C=O) groups excluding carboxylic acids is 1. The highest BCUT2D eigenvalue weighted by atomic mass is 16.5. The van der Waals surface area contributed by atoms with Crippen molar-refractivity contribution >= 4 is 16.7 Å². The van der Waals surface area contributed by atoms with E-state index in [1.807, 2.05) is 48.5 Å². The Hall–Kier alpha value is -3.65. The van der Waals surface area contributed by atoms with E-state index in [9.17, 15) is 4.79 Å². The lowest BCUT2D eigenvalue weighted by atomic mass is 10.1. The van der Waals surface area contributed by atoms with E-state index >= 15 is 0 Å². The van der Waals surface area contributed by atoms with Crippen LogP contribution < -0.4 is 19.5 Å². The first-order chi connectivity index (χ1) is 13.8. The monoisotopic (exact) mass is 375 g/mol. The molecule has 1 amide bonds. The van der Waals surface area contributed by atoms with Crippen LogP contribution in [-0.2, 0) is 4.79 Å². The lowest BCUT2D eigenvalue weighted by Gasteiger charge is -2.07. The summed E-state index contributed by atoms with van der Waals surface area (Å²) >= 11 is 0. The predicted octanol–water partition coefficient (Wildman–Crippen LogP) is 3.43. The highest BCUT2D eigenvalue weighted by Crippen LogP contribution is 2.24. The van der Waals surface area contributed by atoms with Gasteiger partial charge >= 0.3 is 0 Å². The molecule has 0 atom stereocenters. The normalized spacial score (nSPS) is 9.89. The Morgan fingerprint density at radius 2 is 1.71 bits per heavy atom. The van der Waals surface area contributed by atoms with Crippen LogP contribution in [0.3, 0.4) is 0 Å². The van der Waals surface area contributed by atoms with E-state index in [2.05, 4.69) is 17.2 Å². The molecule has 0 unspecified atom stereocenters. The van der Waals surface area contributed by atoms with Crippen molar-refractivity contribution in [1.29, 1.82) is 0 Å². The summed E-state index contributed by atoms with van der Waals surface area (Å²) in [4.78, 5) is 11.8. The lowest BCUT2D eigenvalue weighted by molar-refractivity contribution is -0.122. The number of rotatable bonds is 7. The minimum absolute atomic E-state index is 0.0820. The first-order valence-electron chi connectivity index (χ1n) is 8.86. The van der Waals surface area contributed by atoms with Gasteiger partial charge in [-0.15, -0.1) is 0 Å². The second-order valence-electron chi connectivity index (χ2n) is 5.86. The van der Waals surface area contributed by atoms with Crippen molar-refractivity contribution in [2.75, 3.05) is 26.9 Å². The van der Waals surface area contributed by atoms with Gasteiger partial charge in [0.1, 0.15) is 23.9 Å². The van der Waals surface area contributed by atoms with Gasteiger partial charge in [-0.1, -0.05) is 54.3 Å². The van der Waals surface area contributed by atoms with E-state index in [1.165, 1.54) is 0 Å². The van der Waals surface area contributed by atoms with Crippen LogP contribution in [0.25, 0.3) is 10.8 Å². The first-order valence-corrected chi connectivity index (χ1v) is 8.86. The Kier molecular flexibility index (Phi) is 6.75. The van der Waals surface area contributed by atoms with E-state index < -0.39 is 0 Å². The number of carbonyl (C=O) groups is 1. The largest absolute Gasteiger partial charge is 0.497 e. The lowest BCUT2D eigenvalue weighted by Crippen LogP contribution is -2.29. The standard InChI is InChI=1S/C23H21NO4/c1-26-19-10-7-11-20(16-19)28-17-23(25)24-14-4-5-15-27-22-13-6-9-18-8-2-3-12-21(18)22/h2-3,6-13,16H,14-15,17H2,1H3,(H,24,25). The van der Waals surface area contributed by atoms with E-state index in [4.69, 9.17) is 14.2 Å². The molecule has 142 valence electrons. The van der Waals surface area contributed by atoms with Crippen LogP contribution >= 0.6 is 0 Å². The zero-order valence-corrected chi connectivity index (χ0v) is 15.6. The summed E-state index contributed by atoms with van der Waals surface area (Å²) in [5.41, 5.74) is 0. The summed E-state index contributed by atoms with van der Waals surface area (Å²) in [6.45, 7) is 0.407. The van der Waals surface area contributed by atoms with Crippen molar-refractivity contribution in [3.8, 4) is 29.1 Å². The summed E-state index contributed by atoms with van der Waals surface area (Å²) in [6.07, 6.45) is 0. The summed E-state index contributed by atoms with van der Waals surface area (Å²) in [5, 5.41) is 4.86. The van der Waals surface area contributed by atoms with E-state index in [0.717, 1.165) is 16.5 Å². The quantitative estimate of drug-likeness (QED) is 0.643. The van der Waals surface area contributed by atoms with Gasteiger partial charge in [0.15, 0.2) is 6.61 Å². The summed E-state index contributed by atoms with van der Waals surface area (Å²) < 4.78 is 16.3. The van der Waals surface area contributed by atoms with Gasteiger partial charge in [0.25, 0.3) is 5.91 Å². The maximum atomic E-state index is 11.8. The molecule has 0 heterocycles. The number of nitrogens with one attached hydrogen (secondary N) is 1. The molecule has 0 bridgehead atoms. The van der Waals surface area contributed by atoms with Crippen LogP contribution in [0.4, 0.5) is 0 Å². The van der Waals surface area contributed by atoms with Crippen molar-refractivity contribution in [1.82, 2.24) is 5.32 Å². The number of benzene rings is 3. The molecule has 3 rings (SSSR count). The minimum atomic E-state index is -0.243. The van der Waals surface area contributed by atoms with Crippen LogP contribution in [0.15, 0.2) is 66.7 Å². The molecular weight excluding hydrogens is 354 g/mol. The van der Waals surface area contributed by atoms with Crippen molar-refractivity contribution in [3.05, 3.63) is 66.7 Å². The van der Waals surface area contributed by atoms with Crippen molar-refractivity contribution in [2.45, 2.75) is 0 Å². The van der Waals surface area contributed by atoms with Gasteiger partial charge < -0.3 is 19.5 Å².